The van der Waals surface area contributed by atoms with E-state index in [0.29, 0.717) is 4.57 Å². The van der Waals surface area contributed by atoms with Gasteiger partial charge in [0.25, 0.3) is 11.4 Å². The first-order chi connectivity index (χ1) is 18.0. The quantitative estimate of drug-likeness (QED) is 0.215. The van der Waals surface area contributed by atoms with E-state index in [-0.39, 0.29) is 0 Å². The Morgan fingerprint density at radius 2 is 1.62 bits per heavy atom. The minimum Gasteiger partial charge on any atom is -0.432 e. The Bertz CT molecular complexity index is 1220. The molecule has 5 atom stereocenters. The molecule has 0 radical (unpaired) electrons. The molecular formula is C20H27F2N2O14P. The number of halogens is 2. The van der Waals surface area contributed by atoms with Crippen LogP contribution in [0.15, 0.2) is 21.9 Å². The summed E-state index contributed by atoms with van der Waals surface area (Å²) in [5.74, 6) is -3.51. The van der Waals surface area contributed by atoms with Gasteiger partial charge in [0.15, 0.2) is 12.3 Å². The van der Waals surface area contributed by atoms with Gasteiger partial charge in [-0.1, -0.05) is 0 Å². The van der Waals surface area contributed by atoms with Crippen molar-refractivity contribution in [2.24, 2.45) is 0 Å². The number of phosphoric acid groups is 1. The number of nitrogens with zero attached hydrogens (tertiary/aromatic N) is 1. The highest BCUT2D eigenvalue weighted by Crippen LogP contribution is 2.74. The molecular weight excluding hydrogens is 561 g/mol. The van der Waals surface area contributed by atoms with Crippen molar-refractivity contribution in [2.45, 2.75) is 76.3 Å². The van der Waals surface area contributed by atoms with Crippen molar-refractivity contribution in [3.63, 3.8) is 0 Å². The van der Waals surface area contributed by atoms with Crippen LogP contribution in [0, 0.1) is 0 Å². The van der Waals surface area contributed by atoms with Crippen molar-refractivity contribution in [2.75, 3.05) is 13.6 Å². The van der Waals surface area contributed by atoms with Crippen molar-refractivity contribution in [1.82, 2.24) is 9.55 Å². The lowest BCUT2D eigenvalue weighted by molar-refractivity contribution is -0.180. The average molecular weight is 588 g/mol. The maximum Gasteiger partial charge on any atom is 0.510 e. The highest BCUT2D eigenvalue weighted by atomic mass is 31.2. The van der Waals surface area contributed by atoms with Crippen LogP contribution in [0.4, 0.5) is 18.4 Å². The van der Waals surface area contributed by atoms with Gasteiger partial charge in [-0.2, -0.15) is 0 Å². The van der Waals surface area contributed by atoms with Crippen LogP contribution in [0.25, 0.3) is 0 Å². The van der Waals surface area contributed by atoms with Crippen LogP contribution in [0.5, 0.6) is 0 Å². The molecule has 2 aliphatic rings. The van der Waals surface area contributed by atoms with E-state index in [1.807, 2.05) is 4.98 Å². The molecule has 1 aliphatic heterocycles. The number of hydrogen-bond acceptors (Lipinski definition) is 14. The minimum absolute atomic E-state index is 0.530. The largest absolute Gasteiger partial charge is 0.510 e. The smallest absolute Gasteiger partial charge is 0.432 e. The first-order valence-corrected chi connectivity index (χ1v) is 12.8. The summed E-state index contributed by atoms with van der Waals surface area (Å²) in [6.45, 7) is 4.43. The Kier molecular flexibility index (Phi) is 8.60. The maximum absolute atomic E-state index is 15.9. The van der Waals surface area contributed by atoms with Gasteiger partial charge < -0.3 is 28.8 Å². The molecule has 1 aromatic heterocycles. The fourth-order valence-electron chi connectivity index (χ4n) is 3.60. The van der Waals surface area contributed by atoms with Crippen molar-refractivity contribution in [3.05, 3.63) is 33.1 Å². The number of carbonyl (C=O) groups is 2. The van der Waals surface area contributed by atoms with E-state index in [1.165, 1.54) is 27.7 Å². The number of H-pyrrole nitrogens is 1. The van der Waals surface area contributed by atoms with E-state index >= 15 is 8.78 Å². The van der Waals surface area contributed by atoms with E-state index in [0.717, 1.165) is 19.2 Å². The second-order valence-electron chi connectivity index (χ2n) is 9.04. The Morgan fingerprint density at radius 1 is 1.10 bits per heavy atom. The molecule has 1 unspecified atom stereocenters. The van der Waals surface area contributed by atoms with Gasteiger partial charge in [0.05, 0.1) is 12.2 Å². The number of hydrogen-bond donors (Lipinski definition) is 2. The Labute approximate surface area is 218 Å². The van der Waals surface area contributed by atoms with Crippen LogP contribution in [0.3, 0.4) is 0 Å². The molecule has 220 valence electrons. The van der Waals surface area contributed by atoms with E-state index in [2.05, 4.69) is 18.9 Å². The molecule has 0 bridgehead atoms. The molecule has 3 rings (SSSR count). The average Bonchev–Trinajstić information content (AvgIpc) is 3.18. The molecule has 1 aromatic rings. The molecule has 16 nitrogen and oxygen atoms in total. The van der Waals surface area contributed by atoms with Crippen molar-refractivity contribution >= 4 is 20.1 Å². The topological polar surface area (TPSA) is 200 Å². The summed E-state index contributed by atoms with van der Waals surface area (Å²) in [4.78, 5) is 48.3. The second kappa shape index (κ2) is 10.9. The number of aliphatic hydroxyl groups is 1. The third kappa shape index (κ3) is 6.00. The van der Waals surface area contributed by atoms with Gasteiger partial charge in [-0.3, -0.25) is 18.9 Å². The summed E-state index contributed by atoms with van der Waals surface area (Å²) in [5, 5.41) is 10.9. The monoisotopic (exact) mass is 588 g/mol. The van der Waals surface area contributed by atoms with Gasteiger partial charge >= 0.3 is 25.8 Å². The van der Waals surface area contributed by atoms with E-state index in [9.17, 15) is 28.8 Å². The van der Waals surface area contributed by atoms with Crippen molar-refractivity contribution in [1.29, 1.82) is 0 Å². The number of ether oxygens (including phenoxy) is 5. The summed E-state index contributed by atoms with van der Waals surface area (Å²) >= 11 is 0. The van der Waals surface area contributed by atoms with E-state index < -0.39 is 86.6 Å². The summed E-state index contributed by atoms with van der Waals surface area (Å²) in [6.07, 6.45) is -7.36. The van der Waals surface area contributed by atoms with Crippen LogP contribution in [-0.2, 0) is 41.8 Å². The standard InChI is InChI=1S/C20H27F2N2O14P/c1-10(2)35-16(27)31-8-33-39(30,34-9-32-17(28)36-11(3)4)38-13-19(21)18(5,29)14(37-20(13,19)22)24-7-6-12(25)23-15(24)26/h6-7,10-11,13-14,29H,8-9H2,1-5H3,(H,23,25,26)/t13?,14-,18+,19+,20-/m1/s1. The zero-order valence-corrected chi connectivity index (χ0v) is 22.2. The number of phosphoric ester groups is 1. The van der Waals surface area contributed by atoms with E-state index in [1.54, 1.807) is 0 Å². The number of carbonyl (C=O) groups excluding carboxylic acids is 2. The number of fused-ring (bicyclic) bond motifs is 1. The zero-order valence-electron chi connectivity index (χ0n) is 21.3. The Hall–Kier alpha value is -2.89. The summed E-state index contributed by atoms with van der Waals surface area (Å²) < 4.78 is 82.9. The van der Waals surface area contributed by atoms with Crippen LogP contribution in [0.2, 0.25) is 0 Å². The lowest BCUT2D eigenvalue weighted by atomic mass is 9.96. The molecule has 1 saturated carbocycles. The number of nitrogens with one attached hydrogen (secondary N) is 1. The molecule has 2 N–H and O–H groups in total. The molecule has 2 fully saturated rings. The molecule has 39 heavy (non-hydrogen) atoms. The predicted octanol–water partition coefficient (Wildman–Crippen LogP) is 1.77. The molecule has 0 aromatic carbocycles. The molecule has 0 spiro atoms. The van der Waals surface area contributed by atoms with E-state index in [4.69, 9.17) is 18.3 Å². The highest BCUT2D eigenvalue weighted by molar-refractivity contribution is 7.48. The maximum atomic E-state index is 15.9. The van der Waals surface area contributed by atoms with Gasteiger partial charge in [-0.15, -0.1) is 0 Å². The predicted molar refractivity (Wildman–Crippen MR) is 120 cm³/mol. The van der Waals surface area contributed by atoms with Gasteiger partial charge in [0.2, 0.25) is 19.3 Å². The van der Waals surface area contributed by atoms with Crippen molar-refractivity contribution in [3.8, 4) is 0 Å². The summed E-state index contributed by atoms with van der Waals surface area (Å²) in [6, 6.07) is 0.846. The summed E-state index contributed by atoms with van der Waals surface area (Å²) in [5.41, 5.74) is -8.28. The highest BCUT2D eigenvalue weighted by Gasteiger charge is 2.97. The first-order valence-electron chi connectivity index (χ1n) is 11.3. The Morgan fingerprint density at radius 3 is 2.03 bits per heavy atom. The van der Waals surface area contributed by atoms with Crippen LogP contribution < -0.4 is 11.2 Å². The number of alkyl halides is 2. The van der Waals surface area contributed by atoms with Gasteiger partial charge in [0.1, 0.15) is 5.60 Å². The van der Waals surface area contributed by atoms with Crippen molar-refractivity contribution < 1.29 is 65.3 Å². The van der Waals surface area contributed by atoms with Gasteiger partial charge in [-0.05, 0) is 34.6 Å². The van der Waals surface area contributed by atoms with Gasteiger partial charge in [-0.25, -0.2) is 36.8 Å². The molecule has 0 amide bonds. The fourth-order valence-corrected chi connectivity index (χ4v) is 4.70. The summed E-state index contributed by atoms with van der Waals surface area (Å²) in [7, 11) is -5.15. The number of aromatic amines is 1. The lowest BCUT2D eigenvalue weighted by Gasteiger charge is -2.31. The zero-order chi connectivity index (χ0) is 29.4. The van der Waals surface area contributed by atoms with Gasteiger partial charge in [0, 0.05) is 12.3 Å². The third-order valence-corrected chi connectivity index (χ3v) is 6.70. The van der Waals surface area contributed by atoms with Crippen LogP contribution in [-0.4, -0.2) is 76.0 Å². The minimum atomic E-state index is -5.15. The number of aromatic nitrogens is 2. The molecule has 1 saturated heterocycles. The molecule has 1 aliphatic carbocycles. The SMILES string of the molecule is CC(C)OC(=O)OCOP(=O)(OCOC(=O)OC(C)C)OC1[C@]2(F)[C@@](C)(O)[C@H](n3ccc(=O)[nH]c3=O)O[C@]12F. The van der Waals surface area contributed by atoms with Crippen LogP contribution >= 0.6 is 7.82 Å². The molecule has 2 heterocycles. The second-order valence-corrected chi connectivity index (χ2v) is 10.7. The fraction of sp³-hybridized carbons (Fsp3) is 0.700. The normalized spacial score (nSPS) is 29.7. The Balaban J connectivity index is 1.76. The first kappa shape index (κ1) is 30.6. The molecule has 19 heteroatoms. The third-order valence-electron chi connectivity index (χ3n) is 5.39. The number of rotatable bonds is 11. The van der Waals surface area contributed by atoms with Crippen LogP contribution in [0.1, 0.15) is 40.8 Å². The lowest BCUT2D eigenvalue weighted by Crippen LogP contribution is -2.49.